The number of carboxylic acid groups (broad SMARTS) is 1. The van der Waals surface area contributed by atoms with Crippen molar-refractivity contribution >= 4 is 5.97 Å². The van der Waals surface area contributed by atoms with E-state index in [4.69, 9.17) is 14.6 Å². The zero-order chi connectivity index (χ0) is 14.3. The summed E-state index contributed by atoms with van der Waals surface area (Å²) in [7, 11) is 0. The van der Waals surface area contributed by atoms with Crippen LogP contribution in [0.2, 0.25) is 0 Å². The minimum atomic E-state index is -0.999. The Bertz CT molecular complexity index is 420. The fraction of sp³-hybridized carbons (Fsp3) is 0.500. The molecule has 0 heterocycles. The third kappa shape index (κ3) is 4.44. The Morgan fingerprint density at radius 3 is 2.74 bits per heavy atom. The SMILES string of the molecule is CCNCc1cccc(OCC)c1OC(C)C(=O)O. The van der Waals surface area contributed by atoms with Crippen molar-refractivity contribution in [2.45, 2.75) is 33.4 Å². The first-order chi connectivity index (χ1) is 9.10. The average molecular weight is 267 g/mol. The van der Waals surface area contributed by atoms with E-state index in [0.29, 0.717) is 24.7 Å². The van der Waals surface area contributed by atoms with Gasteiger partial charge in [0.25, 0.3) is 0 Å². The van der Waals surface area contributed by atoms with E-state index >= 15 is 0 Å². The molecule has 0 aliphatic rings. The fourth-order valence-electron chi connectivity index (χ4n) is 1.59. The number of nitrogens with one attached hydrogen (secondary N) is 1. The summed E-state index contributed by atoms with van der Waals surface area (Å²) < 4.78 is 11.0. The van der Waals surface area contributed by atoms with Gasteiger partial charge in [0.1, 0.15) is 0 Å². The highest BCUT2D eigenvalue weighted by atomic mass is 16.5. The summed E-state index contributed by atoms with van der Waals surface area (Å²) in [5.41, 5.74) is 0.890. The van der Waals surface area contributed by atoms with Gasteiger partial charge in [0.2, 0.25) is 0 Å². The van der Waals surface area contributed by atoms with E-state index in [-0.39, 0.29) is 0 Å². The highest BCUT2D eigenvalue weighted by Gasteiger charge is 2.18. The first-order valence-corrected chi connectivity index (χ1v) is 6.45. The molecule has 0 fully saturated rings. The number of hydrogen-bond acceptors (Lipinski definition) is 4. The van der Waals surface area contributed by atoms with Crippen LogP contribution in [0, 0.1) is 0 Å². The molecular weight excluding hydrogens is 246 g/mol. The van der Waals surface area contributed by atoms with Crippen LogP contribution in [0.15, 0.2) is 18.2 Å². The van der Waals surface area contributed by atoms with Gasteiger partial charge in [-0.3, -0.25) is 0 Å². The van der Waals surface area contributed by atoms with Crippen LogP contribution in [-0.2, 0) is 11.3 Å². The van der Waals surface area contributed by atoms with Crippen molar-refractivity contribution in [3.63, 3.8) is 0 Å². The van der Waals surface area contributed by atoms with Gasteiger partial charge in [0.15, 0.2) is 17.6 Å². The number of ether oxygens (including phenoxy) is 2. The molecule has 0 aromatic heterocycles. The molecule has 1 aromatic carbocycles. The first kappa shape index (κ1) is 15.3. The summed E-state index contributed by atoms with van der Waals surface area (Å²) in [6.45, 7) is 7.32. The van der Waals surface area contributed by atoms with E-state index < -0.39 is 12.1 Å². The molecule has 0 aliphatic heterocycles. The molecule has 5 nitrogen and oxygen atoms in total. The summed E-state index contributed by atoms with van der Waals surface area (Å²) in [5.74, 6) is 0.0758. The minimum absolute atomic E-state index is 0.500. The Morgan fingerprint density at radius 2 is 2.16 bits per heavy atom. The van der Waals surface area contributed by atoms with Gasteiger partial charge in [0, 0.05) is 12.1 Å². The standard InChI is InChI=1S/C14H21NO4/c1-4-15-9-11-7-6-8-12(18-5-2)13(11)19-10(3)14(16)17/h6-8,10,15H,4-5,9H2,1-3H3,(H,16,17). The van der Waals surface area contributed by atoms with Crippen molar-refractivity contribution in [1.82, 2.24) is 5.32 Å². The Labute approximate surface area is 113 Å². The highest BCUT2D eigenvalue weighted by molar-refractivity contribution is 5.72. The van der Waals surface area contributed by atoms with Crippen LogP contribution in [0.5, 0.6) is 11.5 Å². The number of para-hydroxylation sites is 1. The Balaban J connectivity index is 3.01. The van der Waals surface area contributed by atoms with E-state index in [2.05, 4.69) is 5.32 Å². The third-order valence-corrected chi connectivity index (χ3v) is 2.57. The van der Waals surface area contributed by atoms with Crippen LogP contribution < -0.4 is 14.8 Å². The fourth-order valence-corrected chi connectivity index (χ4v) is 1.59. The summed E-state index contributed by atoms with van der Waals surface area (Å²) in [4.78, 5) is 10.9. The first-order valence-electron chi connectivity index (χ1n) is 6.45. The summed E-state index contributed by atoms with van der Waals surface area (Å²) in [6.07, 6.45) is -0.915. The topological polar surface area (TPSA) is 67.8 Å². The van der Waals surface area contributed by atoms with Crippen molar-refractivity contribution < 1.29 is 19.4 Å². The van der Waals surface area contributed by atoms with Gasteiger partial charge in [-0.1, -0.05) is 19.1 Å². The van der Waals surface area contributed by atoms with Gasteiger partial charge in [-0.25, -0.2) is 4.79 Å². The largest absolute Gasteiger partial charge is 0.490 e. The van der Waals surface area contributed by atoms with E-state index in [1.54, 1.807) is 6.07 Å². The maximum Gasteiger partial charge on any atom is 0.344 e. The van der Waals surface area contributed by atoms with E-state index in [9.17, 15) is 4.79 Å². The number of carboxylic acids is 1. The van der Waals surface area contributed by atoms with Crippen LogP contribution in [0.1, 0.15) is 26.3 Å². The number of benzene rings is 1. The van der Waals surface area contributed by atoms with Crippen LogP contribution in [0.4, 0.5) is 0 Å². The predicted octanol–water partition coefficient (Wildman–Crippen LogP) is 2.05. The lowest BCUT2D eigenvalue weighted by atomic mass is 10.1. The Hall–Kier alpha value is -1.75. The maximum atomic E-state index is 10.9. The zero-order valence-corrected chi connectivity index (χ0v) is 11.6. The quantitative estimate of drug-likeness (QED) is 0.754. The second kappa shape index (κ2) is 7.63. The lowest BCUT2D eigenvalue weighted by molar-refractivity contribution is -0.144. The molecule has 0 bridgehead atoms. The highest BCUT2D eigenvalue weighted by Crippen LogP contribution is 2.32. The Kier molecular flexibility index (Phi) is 6.15. The van der Waals surface area contributed by atoms with Gasteiger partial charge >= 0.3 is 5.97 Å². The van der Waals surface area contributed by atoms with Crippen molar-refractivity contribution in [3.05, 3.63) is 23.8 Å². The van der Waals surface area contributed by atoms with Crippen molar-refractivity contribution in [2.75, 3.05) is 13.2 Å². The number of carbonyl (C=O) groups is 1. The molecule has 1 rings (SSSR count). The second-order valence-electron chi connectivity index (χ2n) is 4.06. The number of hydrogen-bond donors (Lipinski definition) is 2. The lowest BCUT2D eigenvalue weighted by Gasteiger charge is -2.18. The van der Waals surface area contributed by atoms with Crippen LogP contribution in [0.3, 0.4) is 0 Å². The normalized spacial score (nSPS) is 11.9. The number of rotatable bonds is 8. The molecule has 106 valence electrons. The van der Waals surface area contributed by atoms with E-state index in [1.807, 2.05) is 26.0 Å². The monoisotopic (exact) mass is 267 g/mol. The van der Waals surface area contributed by atoms with Gasteiger partial charge < -0.3 is 19.9 Å². The summed E-state index contributed by atoms with van der Waals surface area (Å²) >= 11 is 0. The molecule has 0 spiro atoms. The molecule has 0 amide bonds. The van der Waals surface area contributed by atoms with Crippen molar-refractivity contribution in [3.8, 4) is 11.5 Å². The van der Waals surface area contributed by atoms with Crippen LogP contribution >= 0.6 is 0 Å². The zero-order valence-electron chi connectivity index (χ0n) is 11.6. The van der Waals surface area contributed by atoms with E-state index in [0.717, 1.165) is 12.1 Å². The van der Waals surface area contributed by atoms with Crippen LogP contribution in [-0.4, -0.2) is 30.3 Å². The average Bonchev–Trinajstić information content (AvgIpc) is 2.39. The summed E-state index contributed by atoms with van der Waals surface area (Å²) in [5, 5.41) is 12.1. The third-order valence-electron chi connectivity index (χ3n) is 2.57. The number of aliphatic carboxylic acids is 1. The molecule has 0 aliphatic carbocycles. The smallest absolute Gasteiger partial charge is 0.344 e. The van der Waals surface area contributed by atoms with E-state index in [1.165, 1.54) is 6.92 Å². The molecule has 2 N–H and O–H groups in total. The summed E-state index contributed by atoms with van der Waals surface area (Å²) in [6, 6.07) is 5.55. The molecule has 1 aromatic rings. The minimum Gasteiger partial charge on any atom is -0.490 e. The molecule has 0 radical (unpaired) electrons. The Morgan fingerprint density at radius 1 is 1.42 bits per heavy atom. The predicted molar refractivity (Wildman–Crippen MR) is 72.7 cm³/mol. The van der Waals surface area contributed by atoms with Crippen molar-refractivity contribution in [2.24, 2.45) is 0 Å². The van der Waals surface area contributed by atoms with Crippen molar-refractivity contribution in [1.29, 1.82) is 0 Å². The molecule has 1 unspecified atom stereocenters. The molecule has 1 atom stereocenters. The van der Waals surface area contributed by atoms with Gasteiger partial charge in [-0.2, -0.15) is 0 Å². The van der Waals surface area contributed by atoms with Crippen LogP contribution in [0.25, 0.3) is 0 Å². The second-order valence-corrected chi connectivity index (χ2v) is 4.06. The molecular formula is C14H21NO4. The van der Waals surface area contributed by atoms with Gasteiger partial charge in [0.05, 0.1) is 6.61 Å². The van der Waals surface area contributed by atoms with Gasteiger partial charge in [-0.15, -0.1) is 0 Å². The molecule has 0 saturated heterocycles. The lowest BCUT2D eigenvalue weighted by Crippen LogP contribution is -2.24. The molecule has 19 heavy (non-hydrogen) atoms. The molecule has 0 saturated carbocycles. The molecule has 5 heteroatoms. The maximum absolute atomic E-state index is 10.9. The van der Waals surface area contributed by atoms with Gasteiger partial charge in [-0.05, 0) is 26.5 Å².